The molecule has 2 atom stereocenters. The van der Waals surface area contributed by atoms with Gasteiger partial charge in [0.15, 0.2) is 41.2 Å². The van der Waals surface area contributed by atoms with Crippen LogP contribution in [0, 0.1) is 0 Å². The van der Waals surface area contributed by atoms with Gasteiger partial charge in [-0.2, -0.15) is 0 Å². The van der Waals surface area contributed by atoms with Crippen molar-refractivity contribution in [1.29, 1.82) is 0 Å². The highest BCUT2D eigenvalue weighted by Gasteiger charge is 2.34. The molecule has 7 nitrogen and oxygen atoms in total. The summed E-state index contributed by atoms with van der Waals surface area (Å²) in [6.45, 7) is 0. The minimum absolute atomic E-state index is 0.297. The number of rotatable bonds is 6. The lowest BCUT2D eigenvalue weighted by Gasteiger charge is -2.34. The number of hydrogen-bond acceptors (Lipinski definition) is 7. The molecule has 50 heavy (non-hydrogen) atoms. The Balaban J connectivity index is 1.26. The lowest BCUT2D eigenvalue weighted by molar-refractivity contribution is 0.0769. The van der Waals surface area contributed by atoms with Crippen LogP contribution >= 0.6 is 0 Å². The Bertz CT molecular complexity index is 2100. The molecule has 1 aliphatic heterocycles. The number of benzene rings is 4. The molecule has 0 spiro atoms. The average molecular weight is 648 g/mol. The number of pyridine rings is 2. The summed E-state index contributed by atoms with van der Waals surface area (Å²) in [6, 6.07) is 42.2. The van der Waals surface area contributed by atoms with E-state index in [9.17, 15) is 0 Å². The van der Waals surface area contributed by atoms with E-state index < -0.39 is 0 Å². The van der Waals surface area contributed by atoms with Gasteiger partial charge < -0.3 is 9.47 Å². The Morgan fingerprint density at radius 3 is 1.38 bits per heavy atom. The Morgan fingerprint density at radius 2 is 0.860 bits per heavy atom. The molecule has 9 rings (SSSR count). The SMILES string of the molecule is C1=CC2Oc3c(-c4cc(-c5ccccn5)cc(-c5ccccn5)c4)ccc(-c4nc(-c5ccccc5)nc(-c5ccccc5)n4)c3OC2C=C1. The van der Waals surface area contributed by atoms with E-state index in [-0.39, 0.29) is 12.2 Å². The summed E-state index contributed by atoms with van der Waals surface area (Å²) < 4.78 is 13.7. The van der Waals surface area contributed by atoms with Crippen LogP contribution in [0.4, 0.5) is 0 Å². The van der Waals surface area contributed by atoms with E-state index in [1.165, 1.54) is 0 Å². The molecule has 2 unspecified atom stereocenters. The zero-order chi connectivity index (χ0) is 33.3. The number of allylic oxidation sites excluding steroid dienone is 2. The van der Waals surface area contributed by atoms with E-state index in [1.54, 1.807) is 12.4 Å². The van der Waals surface area contributed by atoms with Gasteiger partial charge in [0.05, 0.1) is 17.0 Å². The highest BCUT2D eigenvalue weighted by molar-refractivity contribution is 5.86. The van der Waals surface area contributed by atoms with Gasteiger partial charge in [-0.3, -0.25) is 9.97 Å². The van der Waals surface area contributed by atoms with Crippen LogP contribution in [0.5, 0.6) is 11.5 Å². The first-order valence-electron chi connectivity index (χ1n) is 16.5. The number of hydrogen-bond donors (Lipinski definition) is 0. The topological polar surface area (TPSA) is 82.9 Å². The predicted octanol–water partition coefficient (Wildman–Crippen LogP) is 9.30. The molecule has 0 saturated carbocycles. The predicted molar refractivity (Wildman–Crippen MR) is 195 cm³/mol. The van der Waals surface area contributed by atoms with E-state index in [0.29, 0.717) is 34.5 Å². The molecule has 238 valence electrons. The summed E-state index contributed by atoms with van der Waals surface area (Å²) in [4.78, 5) is 24.3. The van der Waals surface area contributed by atoms with Crippen molar-refractivity contribution in [2.45, 2.75) is 12.2 Å². The van der Waals surface area contributed by atoms with Crippen LogP contribution in [-0.2, 0) is 0 Å². The highest BCUT2D eigenvalue weighted by Crippen LogP contribution is 2.49. The van der Waals surface area contributed by atoms with Gasteiger partial charge >= 0.3 is 0 Å². The second-order valence-electron chi connectivity index (χ2n) is 12.0. The lowest BCUT2D eigenvalue weighted by atomic mass is 9.94. The van der Waals surface area contributed by atoms with Crippen molar-refractivity contribution >= 4 is 0 Å². The molecule has 4 aromatic carbocycles. The van der Waals surface area contributed by atoms with E-state index in [2.05, 4.69) is 34.2 Å². The lowest BCUT2D eigenvalue weighted by Crippen LogP contribution is -2.38. The zero-order valence-electron chi connectivity index (χ0n) is 26.8. The third-order valence-electron chi connectivity index (χ3n) is 8.76. The summed E-state index contributed by atoms with van der Waals surface area (Å²) in [7, 11) is 0. The molecular weight excluding hydrogens is 619 g/mol. The van der Waals surface area contributed by atoms with Crippen LogP contribution in [0.1, 0.15) is 0 Å². The summed E-state index contributed by atoms with van der Waals surface area (Å²) >= 11 is 0. The van der Waals surface area contributed by atoms with Crippen molar-refractivity contribution in [3.8, 4) is 79.3 Å². The first-order valence-corrected chi connectivity index (χ1v) is 16.5. The van der Waals surface area contributed by atoms with E-state index in [4.69, 9.17) is 24.4 Å². The smallest absolute Gasteiger partial charge is 0.174 e. The summed E-state index contributed by atoms with van der Waals surface area (Å²) in [5, 5.41) is 0. The van der Waals surface area contributed by atoms with Gasteiger partial charge in [0, 0.05) is 40.2 Å². The molecule has 2 aliphatic rings. The third kappa shape index (κ3) is 5.61. The Kier molecular flexibility index (Phi) is 7.48. The Labute approximate surface area is 289 Å². The monoisotopic (exact) mass is 647 g/mol. The minimum atomic E-state index is -0.311. The van der Waals surface area contributed by atoms with Gasteiger partial charge in [-0.15, -0.1) is 0 Å². The number of fused-ring (bicyclic) bond motifs is 2. The van der Waals surface area contributed by atoms with E-state index in [1.807, 2.05) is 127 Å². The van der Waals surface area contributed by atoms with Gasteiger partial charge in [-0.25, -0.2) is 15.0 Å². The van der Waals surface area contributed by atoms with Crippen LogP contribution in [0.3, 0.4) is 0 Å². The normalized spacial score (nSPS) is 15.8. The number of aromatic nitrogens is 5. The maximum Gasteiger partial charge on any atom is 0.174 e. The quantitative estimate of drug-likeness (QED) is 0.178. The number of nitrogens with zero attached hydrogens (tertiary/aromatic N) is 5. The molecule has 1 aliphatic carbocycles. The molecule has 3 aromatic heterocycles. The molecule has 0 radical (unpaired) electrons. The molecule has 0 bridgehead atoms. The van der Waals surface area contributed by atoms with Gasteiger partial charge in [-0.05, 0) is 72.3 Å². The standard InChI is InChI=1S/C43H29N5O2/c1-3-13-28(14-4-1)41-46-42(29-15-5-2-6-16-29)48-43(47-41)34-22-21-33(39-40(34)50-38-20-8-7-19-37(38)49-39)30-25-31(35-17-9-11-23-44-35)27-32(26-30)36-18-10-12-24-45-36/h1-27,37-38H. The summed E-state index contributed by atoms with van der Waals surface area (Å²) in [5.41, 5.74) is 7.98. The van der Waals surface area contributed by atoms with Crippen molar-refractivity contribution in [3.05, 3.63) is 164 Å². The van der Waals surface area contributed by atoms with Crippen LogP contribution in [-0.4, -0.2) is 37.1 Å². The fourth-order valence-electron chi connectivity index (χ4n) is 6.33. The van der Waals surface area contributed by atoms with Crippen LogP contribution < -0.4 is 9.47 Å². The molecule has 0 N–H and O–H groups in total. The second kappa shape index (κ2) is 12.7. The van der Waals surface area contributed by atoms with Crippen molar-refractivity contribution < 1.29 is 9.47 Å². The molecule has 7 aromatic rings. The van der Waals surface area contributed by atoms with Crippen LogP contribution in [0.15, 0.2) is 164 Å². The van der Waals surface area contributed by atoms with Gasteiger partial charge in [0.1, 0.15) is 0 Å². The Hall–Kier alpha value is -6.73. The molecule has 0 amide bonds. The van der Waals surface area contributed by atoms with Gasteiger partial charge in [-0.1, -0.05) is 84.9 Å². The molecule has 0 saturated heterocycles. The van der Waals surface area contributed by atoms with Crippen molar-refractivity contribution in [2.24, 2.45) is 0 Å². The van der Waals surface area contributed by atoms with Crippen molar-refractivity contribution in [1.82, 2.24) is 24.9 Å². The minimum Gasteiger partial charge on any atom is -0.478 e. The average Bonchev–Trinajstić information content (AvgIpc) is 3.20. The first kappa shape index (κ1) is 29.4. The van der Waals surface area contributed by atoms with Gasteiger partial charge in [0.2, 0.25) is 0 Å². The second-order valence-corrected chi connectivity index (χ2v) is 12.0. The van der Waals surface area contributed by atoms with Crippen LogP contribution in [0.2, 0.25) is 0 Å². The van der Waals surface area contributed by atoms with E-state index >= 15 is 0 Å². The maximum atomic E-state index is 6.84. The van der Waals surface area contributed by atoms with Crippen molar-refractivity contribution in [3.63, 3.8) is 0 Å². The largest absolute Gasteiger partial charge is 0.478 e. The fourth-order valence-corrected chi connectivity index (χ4v) is 6.33. The van der Waals surface area contributed by atoms with Gasteiger partial charge in [0.25, 0.3) is 0 Å². The molecule has 0 fully saturated rings. The Morgan fingerprint density at radius 1 is 0.400 bits per heavy atom. The molecular formula is C43H29N5O2. The zero-order valence-corrected chi connectivity index (χ0v) is 26.8. The fraction of sp³-hybridized carbons (Fsp3) is 0.0465. The third-order valence-corrected chi connectivity index (χ3v) is 8.76. The summed E-state index contributed by atoms with van der Waals surface area (Å²) in [6.07, 6.45) is 11.0. The summed E-state index contributed by atoms with van der Waals surface area (Å²) in [5.74, 6) is 2.84. The maximum absolute atomic E-state index is 6.84. The molecule has 7 heteroatoms. The van der Waals surface area contributed by atoms with E-state index in [0.717, 1.165) is 44.8 Å². The number of ether oxygens (including phenoxy) is 2. The van der Waals surface area contributed by atoms with Crippen molar-refractivity contribution in [2.75, 3.05) is 0 Å². The molecule has 4 heterocycles. The van der Waals surface area contributed by atoms with Crippen LogP contribution in [0.25, 0.3) is 67.8 Å². The highest BCUT2D eigenvalue weighted by atomic mass is 16.6. The first-order chi connectivity index (χ1) is 24.8.